The van der Waals surface area contributed by atoms with E-state index in [1.54, 1.807) is 24.3 Å². The molecule has 19 heavy (non-hydrogen) atoms. The van der Waals surface area contributed by atoms with E-state index in [0.29, 0.717) is 13.0 Å². The van der Waals surface area contributed by atoms with Gasteiger partial charge in [0.1, 0.15) is 0 Å². The van der Waals surface area contributed by atoms with Crippen molar-refractivity contribution in [3.8, 4) is 0 Å². The Morgan fingerprint density at radius 1 is 1.32 bits per heavy atom. The van der Waals surface area contributed by atoms with Gasteiger partial charge < -0.3 is 16.2 Å². The van der Waals surface area contributed by atoms with Gasteiger partial charge in [0.2, 0.25) is 5.91 Å². The Balaban J connectivity index is 1.89. The lowest BCUT2D eigenvalue weighted by Crippen LogP contribution is -2.58. The zero-order valence-corrected chi connectivity index (χ0v) is 10.7. The number of carboxylic acid groups (broad SMARTS) is 1. The van der Waals surface area contributed by atoms with Crippen LogP contribution >= 0.6 is 0 Å². The van der Waals surface area contributed by atoms with E-state index in [0.717, 1.165) is 24.8 Å². The molecule has 0 atom stereocenters. The predicted octanol–water partition coefficient (Wildman–Crippen LogP) is 0.925. The maximum absolute atomic E-state index is 11.8. The van der Waals surface area contributed by atoms with Crippen LogP contribution in [0, 0.1) is 0 Å². The average molecular weight is 262 g/mol. The molecule has 2 rings (SSSR count). The zero-order chi connectivity index (χ0) is 13.9. The van der Waals surface area contributed by atoms with E-state index in [2.05, 4.69) is 5.32 Å². The van der Waals surface area contributed by atoms with Crippen LogP contribution in [-0.4, -0.2) is 29.1 Å². The van der Waals surface area contributed by atoms with Crippen LogP contribution in [0.4, 0.5) is 0 Å². The molecule has 0 radical (unpaired) electrons. The summed E-state index contributed by atoms with van der Waals surface area (Å²) in [6, 6.07) is 6.81. The summed E-state index contributed by atoms with van der Waals surface area (Å²) < 4.78 is 0. The number of rotatable bonds is 5. The van der Waals surface area contributed by atoms with Crippen molar-refractivity contribution in [2.45, 2.75) is 31.2 Å². The number of aromatic carboxylic acids is 1. The fraction of sp³-hybridized carbons (Fsp3) is 0.429. The van der Waals surface area contributed by atoms with Gasteiger partial charge in [0.15, 0.2) is 0 Å². The van der Waals surface area contributed by atoms with E-state index in [9.17, 15) is 9.59 Å². The molecule has 5 nitrogen and oxygen atoms in total. The number of hydrogen-bond acceptors (Lipinski definition) is 3. The maximum atomic E-state index is 11.8. The van der Waals surface area contributed by atoms with Gasteiger partial charge in [-0.25, -0.2) is 4.79 Å². The first-order chi connectivity index (χ1) is 9.03. The highest BCUT2D eigenvalue weighted by Crippen LogP contribution is 2.28. The average Bonchev–Trinajstić information content (AvgIpc) is 2.36. The van der Waals surface area contributed by atoms with Crippen molar-refractivity contribution in [1.82, 2.24) is 5.32 Å². The fourth-order valence-electron chi connectivity index (χ4n) is 2.22. The Labute approximate surface area is 111 Å². The van der Waals surface area contributed by atoms with Gasteiger partial charge in [0.25, 0.3) is 0 Å². The topological polar surface area (TPSA) is 92.4 Å². The number of carbonyl (C=O) groups is 2. The molecular weight excluding hydrogens is 244 g/mol. The molecule has 0 bridgehead atoms. The first kappa shape index (κ1) is 13.5. The minimum Gasteiger partial charge on any atom is -0.478 e. The van der Waals surface area contributed by atoms with Crippen molar-refractivity contribution in [3.63, 3.8) is 0 Å². The van der Waals surface area contributed by atoms with Crippen LogP contribution in [0.5, 0.6) is 0 Å². The molecule has 1 aliphatic rings. The fourth-order valence-corrected chi connectivity index (χ4v) is 2.22. The number of nitrogens with one attached hydrogen (secondary N) is 1. The molecule has 0 spiro atoms. The predicted molar refractivity (Wildman–Crippen MR) is 70.9 cm³/mol. The van der Waals surface area contributed by atoms with E-state index >= 15 is 0 Å². The standard InChI is InChI=1S/C14H18N2O3/c15-14(7-3-8-14)13(19)16-9-6-10-4-1-2-5-11(10)12(17)18/h1-2,4-5H,3,6-9,15H2,(H,16,19)(H,17,18). The number of hydrogen-bond donors (Lipinski definition) is 3. The van der Waals surface area contributed by atoms with Gasteiger partial charge >= 0.3 is 5.97 Å². The summed E-state index contributed by atoms with van der Waals surface area (Å²) in [6.45, 7) is 0.405. The normalized spacial score (nSPS) is 16.5. The molecule has 4 N–H and O–H groups in total. The maximum Gasteiger partial charge on any atom is 0.335 e. The van der Waals surface area contributed by atoms with Crippen LogP contribution < -0.4 is 11.1 Å². The Hall–Kier alpha value is -1.88. The van der Waals surface area contributed by atoms with Crippen LogP contribution in [-0.2, 0) is 11.2 Å². The van der Waals surface area contributed by atoms with Crippen LogP contribution in [0.2, 0.25) is 0 Å². The molecule has 102 valence electrons. The van der Waals surface area contributed by atoms with Gasteiger partial charge in [-0.3, -0.25) is 4.79 Å². The Bertz CT molecular complexity index is 495. The first-order valence-electron chi connectivity index (χ1n) is 6.41. The van der Waals surface area contributed by atoms with Gasteiger partial charge in [-0.05, 0) is 37.3 Å². The molecule has 1 aromatic carbocycles. The highest BCUT2D eigenvalue weighted by Gasteiger charge is 2.39. The molecule has 1 aromatic rings. The van der Waals surface area contributed by atoms with Gasteiger partial charge in [0, 0.05) is 6.54 Å². The molecule has 0 unspecified atom stereocenters. The molecular formula is C14H18N2O3. The number of amides is 1. The van der Waals surface area contributed by atoms with Crippen molar-refractivity contribution in [2.24, 2.45) is 5.73 Å². The quantitative estimate of drug-likeness (QED) is 0.736. The van der Waals surface area contributed by atoms with Crippen molar-refractivity contribution in [2.75, 3.05) is 6.54 Å². The highest BCUT2D eigenvalue weighted by molar-refractivity contribution is 5.89. The van der Waals surface area contributed by atoms with Gasteiger partial charge in [-0.15, -0.1) is 0 Å². The molecule has 0 heterocycles. The van der Waals surface area contributed by atoms with Crippen molar-refractivity contribution in [3.05, 3.63) is 35.4 Å². The first-order valence-corrected chi connectivity index (χ1v) is 6.41. The van der Waals surface area contributed by atoms with Crippen LogP contribution in [0.25, 0.3) is 0 Å². The van der Waals surface area contributed by atoms with E-state index in [4.69, 9.17) is 10.8 Å². The summed E-state index contributed by atoms with van der Waals surface area (Å²) in [7, 11) is 0. The van der Waals surface area contributed by atoms with Crippen molar-refractivity contribution in [1.29, 1.82) is 0 Å². The van der Waals surface area contributed by atoms with Gasteiger partial charge in [-0.1, -0.05) is 18.2 Å². The number of carboxylic acids is 1. The lowest BCUT2D eigenvalue weighted by Gasteiger charge is -2.36. The third-order valence-electron chi connectivity index (χ3n) is 3.63. The Kier molecular flexibility index (Phi) is 3.85. The van der Waals surface area contributed by atoms with Gasteiger partial charge in [-0.2, -0.15) is 0 Å². The Morgan fingerprint density at radius 3 is 2.58 bits per heavy atom. The second-order valence-corrected chi connectivity index (χ2v) is 4.98. The van der Waals surface area contributed by atoms with Gasteiger partial charge in [0.05, 0.1) is 11.1 Å². The molecule has 0 aliphatic heterocycles. The van der Waals surface area contributed by atoms with Crippen molar-refractivity contribution >= 4 is 11.9 Å². The minimum absolute atomic E-state index is 0.133. The Morgan fingerprint density at radius 2 is 2.00 bits per heavy atom. The van der Waals surface area contributed by atoms with E-state index in [1.165, 1.54) is 0 Å². The summed E-state index contributed by atoms with van der Waals surface area (Å²) in [5, 5.41) is 11.8. The molecule has 0 aromatic heterocycles. The lowest BCUT2D eigenvalue weighted by atomic mass is 9.77. The van der Waals surface area contributed by atoms with Crippen LogP contribution in [0.3, 0.4) is 0 Å². The van der Waals surface area contributed by atoms with E-state index in [1.807, 2.05) is 0 Å². The third kappa shape index (κ3) is 2.93. The number of benzene rings is 1. The third-order valence-corrected chi connectivity index (χ3v) is 3.63. The van der Waals surface area contributed by atoms with Crippen LogP contribution in [0.1, 0.15) is 35.2 Å². The lowest BCUT2D eigenvalue weighted by molar-refractivity contribution is -0.129. The van der Waals surface area contributed by atoms with Crippen molar-refractivity contribution < 1.29 is 14.7 Å². The summed E-state index contributed by atoms with van der Waals surface area (Å²) in [4.78, 5) is 22.8. The SMILES string of the molecule is NC1(C(=O)NCCc2ccccc2C(=O)O)CCC1. The molecule has 1 aliphatic carbocycles. The minimum atomic E-state index is -0.948. The largest absolute Gasteiger partial charge is 0.478 e. The second-order valence-electron chi connectivity index (χ2n) is 4.98. The summed E-state index contributed by atoms with van der Waals surface area (Å²) in [6.07, 6.45) is 2.94. The molecule has 1 amide bonds. The summed E-state index contributed by atoms with van der Waals surface area (Å²) in [5.41, 5.74) is 6.19. The van der Waals surface area contributed by atoms with E-state index < -0.39 is 11.5 Å². The molecule has 0 saturated heterocycles. The summed E-state index contributed by atoms with van der Waals surface area (Å²) >= 11 is 0. The molecule has 1 saturated carbocycles. The monoisotopic (exact) mass is 262 g/mol. The molecule has 5 heteroatoms. The zero-order valence-electron chi connectivity index (χ0n) is 10.7. The van der Waals surface area contributed by atoms with Crippen LogP contribution in [0.15, 0.2) is 24.3 Å². The molecule has 1 fully saturated rings. The number of nitrogens with two attached hydrogens (primary N) is 1. The summed E-state index contributed by atoms with van der Waals surface area (Å²) in [5.74, 6) is -1.08. The second kappa shape index (κ2) is 5.40. The highest BCUT2D eigenvalue weighted by atomic mass is 16.4. The van der Waals surface area contributed by atoms with E-state index in [-0.39, 0.29) is 11.5 Å². The number of carbonyl (C=O) groups excluding carboxylic acids is 1. The smallest absolute Gasteiger partial charge is 0.335 e.